The molecule has 106 valence electrons. The Kier molecular flexibility index (Phi) is 4.61. The SMILES string of the molecule is CC(C)(C)OC(=O)NC1CCC(CS(N)(=O)=O)C1. The summed E-state index contributed by atoms with van der Waals surface area (Å²) < 4.78 is 27.1. The highest BCUT2D eigenvalue weighted by molar-refractivity contribution is 7.89. The highest BCUT2D eigenvalue weighted by atomic mass is 32.2. The highest BCUT2D eigenvalue weighted by Crippen LogP contribution is 2.26. The molecule has 1 amide bonds. The Hall–Kier alpha value is -0.820. The van der Waals surface area contributed by atoms with E-state index < -0.39 is 21.7 Å². The number of alkyl carbamates (subject to hydrolysis) is 1. The first-order valence-corrected chi connectivity index (χ1v) is 7.77. The number of primary sulfonamides is 1. The zero-order valence-electron chi connectivity index (χ0n) is 11.1. The summed E-state index contributed by atoms with van der Waals surface area (Å²) in [5, 5.41) is 7.76. The third-order valence-corrected chi connectivity index (χ3v) is 3.67. The molecule has 0 aromatic rings. The van der Waals surface area contributed by atoms with Crippen LogP contribution in [0.15, 0.2) is 0 Å². The van der Waals surface area contributed by atoms with Crippen molar-refractivity contribution in [3.05, 3.63) is 0 Å². The molecular formula is C11H22N2O4S. The molecule has 2 unspecified atom stereocenters. The normalized spacial score (nSPS) is 24.9. The summed E-state index contributed by atoms with van der Waals surface area (Å²) in [6.07, 6.45) is 1.70. The molecule has 0 aromatic carbocycles. The van der Waals surface area contributed by atoms with E-state index in [2.05, 4.69) is 5.32 Å². The standard InChI is InChI=1S/C11H22N2O4S/c1-11(2,3)17-10(14)13-9-5-4-8(6-9)7-18(12,15)16/h8-9H,4-7H2,1-3H3,(H,13,14)(H2,12,15,16). The minimum absolute atomic E-state index is 0.0144. The Labute approximate surface area is 108 Å². The van der Waals surface area contributed by atoms with Gasteiger partial charge in [0.2, 0.25) is 10.0 Å². The quantitative estimate of drug-likeness (QED) is 0.803. The molecule has 18 heavy (non-hydrogen) atoms. The van der Waals surface area contributed by atoms with Crippen LogP contribution in [0.3, 0.4) is 0 Å². The van der Waals surface area contributed by atoms with E-state index in [1.165, 1.54) is 0 Å². The second-order valence-electron chi connectivity index (χ2n) is 5.85. The Bertz CT molecular complexity index is 400. The number of hydrogen-bond acceptors (Lipinski definition) is 4. The first-order valence-electron chi connectivity index (χ1n) is 6.05. The number of carbonyl (C=O) groups is 1. The number of carbonyl (C=O) groups excluding carboxylic acids is 1. The third-order valence-electron chi connectivity index (χ3n) is 2.73. The van der Waals surface area contributed by atoms with Gasteiger partial charge >= 0.3 is 6.09 Å². The van der Waals surface area contributed by atoms with E-state index in [9.17, 15) is 13.2 Å². The second-order valence-corrected chi connectivity index (χ2v) is 7.51. The number of sulfonamides is 1. The van der Waals surface area contributed by atoms with Crippen molar-refractivity contribution in [3.63, 3.8) is 0 Å². The van der Waals surface area contributed by atoms with E-state index in [1.807, 2.05) is 0 Å². The number of hydrogen-bond donors (Lipinski definition) is 2. The zero-order valence-corrected chi connectivity index (χ0v) is 11.9. The number of ether oxygens (including phenoxy) is 1. The predicted octanol–water partition coefficient (Wildman–Crippen LogP) is 0.968. The summed E-state index contributed by atoms with van der Waals surface area (Å²) in [6, 6.07) is -0.0217. The van der Waals surface area contributed by atoms with Crippen molar-refractivity contribution in [2.24, 2.45) is 11.1 Å². The molecule has 0 radical (unpaired) electrons. The van der Waals surface area contributed by atoms with Gasteiger partial charge in [0.05, 0.1) is 5.75 Å². The molecular weight excluding hydrogens is 256 g/mol. The van der Waals surface area contributed by atoms with Crippen LogP contribution in [0.5, 0.6) is 0 Å². The predicted molar refractivity (Wildman–Crippen MR) is 68.5 cm³/mol. The monoisotopic (exact) mass is 278 g/mol. The topological polar surface area (TPSA) is 98.5 Å². The van der Waals surface area contributed by atoms with Crippen LogP contribution >= 0.6 is 0 Å². The molecule has 2 atom stereocenters. The number of nitrogens with one attached hydrogen (secondary N) is 1. The van der Waals surface area contributed by atoms with Crippen LogP contribution in [0.25, 0.3) is 0 Å². The molecule has 3 N–H and O–H groups in total. The van der Waals surface area contributed by atoms with E-state index in [4.69, 9.17) is 9.88 Å². The lowest BCUT2D eigenvalue weighted by Crippen LogP contribution is -2.38. The number of rotatable bonds is 3. The van der Waals surface area contributed by atoms with Gasteiger partial charge in [-0.2, -0.15) is 0 Å². The van der Waals surface area contributed by atoms with Crippen molar-refractivity contribution in [2.75, 3.05) is 5.75 Å². The molecule has 0 spiro atoms. The van der Waals surface area contributed by atoms with Gasteiger partial charge in [-0.25, -0.2) is 18.4 Å². The lowest BCUT2D eigenvalue weighted by molar-refractivity contribution is 0.0505. The lowest BCUT2D eigenvalue weighted by atomic mass is 10.1. The molecule has 1 saturated carbocycles. The van der Waals surface area contributed by atoms with E-state index in [0.717, 1.165) is 12.8 Å². The summed E-state index contributed by atoms with van der Waals surface area (Å²) in [6.45, 7) is 5.39. The first kappa shape index (κ1) is 15.2. The second kappa shape index (κ2) is 5.44. The van der Waals surface area contributed by atoms with Gasteiger partial charge in [0.1, 0.15) is 5.60 Å². The number of nitrogens with two attached hydrogens (primary N) is 1. The molecule has 0 bridgehead atoms. The molecule has 1 rings (SSSR count). The first-order chi connectivity index (χ1) is 8.05. The molecule has 1 aliphatic carbocycles. The molecule has 1 fully saturated rings. The van der Waals surface area contributed by atoms with Gasteiger partial charge in [-0.1, -0.05) is 0 Å². The lowest BCUT2D eigenvalue weighted by Gasteiger charge is -2.21. The maximum atomic E-state index is 11.5. The summed E-state index contributed by atoms with van der Waals surface area (Å²) in [4.78, 5) is 11.5. The van der Waals surface area contributed by atoms with Crippen molar-refractivity contribution < 1.29 is 17.9 Å². The van der Waals surface area contributed by atoms with E-state index in [0.29, 0.717) is 6.42 Å². The fraction of sp³-hybridized carbons (Fsp3) is 0.909. The molecule has 0 saturated heterocycles. The van der Waals surface area contributed by atoms with E-state index in [-0.39, 0.29) is 17.7 Å². The third kappa shape index (κ3) is 6.20. The average molecular weight is 278 g/mol. The fourth-order valence-electron chi connectivity index (χ4n) is 2.16. The molecule has 0 aromatic heterocycles. The molecule has 6 nitrogen and oxygen atoms in total. The van der Waals surface area contributed by atoms with Crippen LogP contribution in [0.4, 0.5) is 4.79 Å². The van der Waals surface area contributed by atoms with Gasteiger partial charge in [-0.05, 0) is 46.0 Å². The van der Waals surface area contributed by atoms with Gasteiger partial charge in [-0.3, -0.25) is 0 Å². The van der Waals surface area contributed by atoms with Gasteiger partial charge < -0.3 is 10.1 Å². The van der Waals surface area contributed by atoms with E-state index >= 15 is 0 Å². The highest BCUT2D eigenvalue weighted by Gasteiger charge is 2.29. The van der Waals surface area contributed by atoms with Crippen LogP contribution in [0.2, 0.25) is 0 Å². The smallest absolute Gasteiger partial charge is 0.407 e. The minimum Gasteiger partial charge on any atom is -0.444 e. The molecule has 0 aliphatic heterocycles. The summed E-state index contributed by atoms with van der Waals surface area (Å²) in [5.74, 6) is 0.0133. The molecule has 1 aliphatic rings. The van der Waals surface area contributed by atoms with Crippen LogP contribution in [-0.4, -0.2) is 31.9 Å². The number of amides is 1. The van der Waals surface area contributed by atoms with Gasteiger partial charge in [0, 0.05) is 6.04 Å². The van der Waals surface area contributed by atoms with Crippen LogP contribution in [0, 0.1) is 5.92 Å². The minimum atomic E-state index is -3.43. The van der Waals surface area contributed by atoms with Crippen molar-refractivity contribution in [1.82, 2.24) is 5.32 Å². The van der Waals surface area contributed by atoms with Gasteiger partial charge in [-0.15, -0.1) is 0 Å². The van der Waals surface area contributed by atoms with Crippen molar-refractivity contribution in [3.8, 4) is 0 Å². The largest absolute Gasteiger partial charge is 0.444 e. The Morgan fingerprint density at radius 1 is 1.39 bits per heavy atom. The van der Waals surface area contributed by atoms with Crippen LogP contribution in [0.1, 0.15) is 40.0 Å². The van der Waals surface area contributed by atoms with E-state index in [1.54, 1.807) is 20.8 Å². The zero-order chi connectivity index (χ0) is 14.0. The summed E-state index contributed by atoms with van der Waals surface area (Å²) in [7, 11) is -3.43. The van der Waals surface area contributed by atoms with Crippen molar-refractivity contribution >= 4 is 16.1 Å². The van der Waals surface area contributed by atoms with Gasteiger partial charge in [0.25, 0.3) is 0 Å². The molecule has 7 heteroatoms. The maximum Gasteiger partial charge on any atom is 0.407 e. The average Bonchev–Trinajstić information content (AvgIpc) is 2.44. The van der Waals surface area contributed by atoms with Gasteiger partial charge in [0.15, 0.2) is 0 Å². The Morgan fingerprint density at radius 2 is 2.00 bits per heavy atom. The van der Waals surface area contributed by atoms with Crippen LogP contribution in [-0.2, 0) is 14.8 Å². The van der Waals surface area contributed by atoms with Crippen molar-refractivity contribution in [2.45, 2.75) is 51.7 Å². The Balaban J connectivity index is 2.37. The Morgan fingerprint density at radius 3 is 2.50 bits per heavy atom. The summed E-state index contributed by atoms with van der Waals surface area (Å²) in [5.41, 5.74) is -0.525. The van der Waals surface area contributed by atoms with Crippen LogP contribution < -0.4 is 10.5 Å². The fourth-order valence-corrected chi connectivity index (χ4v) is 3.12. The van der Waals surface area contributed by atoms with Crippen molar-refractivity contribution in [1.29, 1.82) is 0 Å². The summed E-state index contributed by atoms with van der Waals surface area (Å²) >= 11 is 0. The molecule has 0 heterocycles. The maximum absolute atomic E-state index is 11.5.